The molecule has 1 rings (SSSR count). The zero-order chi connectivity index (χ0) is 11.4. The Hall–Kier alpha value is -1.49. The Labute approximate surface area is 90.4 Å². The maximum atomic E-state index is 11.8. The number of anilines is 1. The number of hydrogen-bond acceptors (Lipinski definition) is 3. The van der Waals surface area contributed by atoms with Gasteiger partial charge in [-0.3, -0.25) is 0 Å². The van der Waals surface area contributed by atoms with Crippen LogP contribution in [0.4, 0.5) is 10.1 Å². The number of carboxylic acid groups (broad SMARTS) is 1. The topological polar surface area (TPSA) is 72.5 Å². The Bertz CT molecular complexity index is 384. The van der Waals surface area contributed by atoms with Crippen molar-refractivity contribution >= 4 is 23.3 Å². The summed E-state index contributed by atoms with van der Waals surface area (Å²) >= 11 is 5.71. The molecular formula is C9H9ClFNO3. The van der Waals surface area contributed by atoms with E-state index in [1.807, 2.05) is 0 Å². The van der Waals surface area contributed by atoms with Gasteiger partial charge in [0.2, 0.25) is 0 Å². The first-order valence-corrected chi connectivity index (χ1v) is 4.45. The number of nitrogen functional groups attached to an aromatic ring is 1. The largest absolute Gasteiger partial charge is 0.489 e. The number of hydrogen-bond donors (Lipinski definition) is 2. The molecule has 0 spiro atoms. The fourth-order valence-electron chi connectivity index (χ4n) is 1.01. The lowest BCUT2D eigenvalue weighted by molar-refractivity contribution is 0.0698. The van der Waals surface area contributed by atoms with Crippen LogP contribution in [0.5, 0.6) is 5.75 Å². The highest BCUT2D eigenvalue weighted by Gasteiger charge is 2.12. The molecule has 3 N–H and O–H groups in total. The van der Waals surface area contributed by atoms with Gasteiger partial charge < -0.3 is 15.6 Å². The van der Waals surface area contributed by atoms with Crippen molar-refractivity contribution in [3.63, 3.8) is 0 Å². The molecule has 0 saturated carbocycles. The number of nitrogens with two attached hydrogens (primary N) is 1. The summed E-state index contributed by atoms with van der Waals surface area (Å²) in [5.74, 6) is -0.997. The number of carboxylic acids is 1. The van der Waals surface area contributed by atoms with Crippen molar-refractivity contribution in [3.8, 4) is 5.75 Å². The van der Waals surface area contributed by atoms with Crippen molar-refractivity contribution in [2.45, 2.75) is 0 Å². The summed E-state index contributed by atoms with van der Waals surface area (Å²) in [4.78, 5) is 10.7. The Morgan fingerprint density at radius 1 is 1.60 bits per heavy atom. The van der Waals surface area contributed by atoms with E-state index in [4.69, 9.17) is 27.2 Å². The number of aromatic carboxylic acids is 1. The normalized spacial score (nSPS) is 10.0. The minimum absolute atomic E-state index is 0.0285. The van der Waals surface area contributed by atoms with Crippen LogP contribution in [0.3, 0.4) is 0 Å². The zero-order valence-electron chi connectivity index (χ0n) is 7.67. The third-order valence-electron chi connectivity index (χ3n) is 1.67. The van der Waals surface area contributed by atoms with Gasteiger partial charge >= 0.3 is 5.97 Å². The number of rotatable bonds is 4. The lowest BCUT2D eigenvalue weighted by Gasteiger charge is -2.08. The second-order valence-electron chi connectivity index (χ2n) is 2.71. The number of halogens is 2. The van der Waals surface area contributed by atoms with Crippen molar-refractivity contribution in [3.05, 3.63) is 22.7 Å². The highest BCUT2D eigenvalue weighted by atomic mass is 35.5. The smallest absolute Gasteiger partial charge is 0.337 e. The molecule has 6 heteroatoms. The van der Waals surface area contributed by atoms with Gasteiger partial charge in [0.15, 0.2) is 0 Å². The van der Waals surface area contributed by atoms with Crippen LogP contribution in [-0.2, 0) is 0 Å². The van der Waals surface area contributed by atoms with Crippen LogP contribution in [-0.4, -0.2) is 24.4 Å². The van der Waals surface area contributed by atoms with Gasteiger partial charge in [0.25, 0.3) is 0 Å². The van der Waals surface area contributed by atoms with E-state index < -0.39 is 12.6 Å². The van der Waals surface area contributed by atoms with Gasteiger partial charge in [-0.1, -0.05) is 11.6 Å². The van der Waals surface area contributed by atoms with E-state index >= 15 is 0 Å². The average molecular weight is 234 g/mol. The minimum atomic E-state index is -1.17. The summed E-state index contributed by atoms with van der Waals surface area (Å²) in [6.07, 6.45) is 0. The van der Waals surface area contributed by atoms with E-state index in [0.717, 1.165) is 0 Å². The Kier molecular flexibility index (Phi) is 3.74. The van der Waals surface area contributed by atoms with Crippen molar-refractivity contribution in [2.24, 2.45) is 0 Å². The maximum absolute atomic E-state index is 11.8. The first kappa shape index (κ1) is 11.6. The second kappa shape index (κ2) is 4.84. The first-order valence-electron chi connectivity index (χ1n) is 4.07. The molecule has 0 atom stereocenters. The summed E-state index contributed by atoms with van der Waals surface area (Å²) in [6, 6.07) is 2.44. The van der Waals surface area contributed by atoms with Gasteiger partial charge in [-0.15, -0.1) is 0 Å². The number of alkyl halides is 1. The fourth-order valence-corrected chi connectivity index (χ4v) is 1.23. The maximum Gasteiger partial charge on any atom is 0.337 e. The molecule has 0 amide bonds. The summed E-state index contributed by atoms with van der Waals surface area (Å²) in [5, 5.41) is 8.81. The predicted molar refractivity (Wildman–Crippen MR) is 54.3 cm³/mol. The van der Waals surface area contributed by atoms with E-state index in [1.165, 1.54) is 12.1 Å². The molecule has 0 aliphatic rings. The molecule has 0 aliphatic carbocycles. The Balaban J connectivity index is 3.02. The molecule has 0 radical (unpaired) electrons. The van der Waals surface area contributed by atoms with Crippen LogP contribution in [0.25, 0.3) is 0 Å². The minimum Gasteiger partial charge on any atom is -0.489 e. The molecule has 0 unspecified atom stereocenters. The van der Waals surface area contributed by atoms with Gasteiger partial charge in [-0.2, -0.15) is 0 Å². The van der Waals surface area contributed by atoms with Crippen LogP contribution in [0.1, 0.15) is 10.4 Å². The molecule has 1 aromatic rings. The Morgan fingerprint density at radius 2 is 2.27 bits per heavy atom. The number of benzene rings is 1. The lowest BCUT2D eigenvalue weighted by Crippen LogP contribution is -2.05. The quantitative estimate of drug-likeness (QED) is 0.780. The highest BCUT2D eigenvalue weighted by molar-refractivity contribution is 6.32. The molecule has 0 aromatic heterocycles. The molecule has 0 bridgehead atoms. The van der Waals surface area contributed by atoms with Crippen molar-refractivity contribution in [2.75, 3.05) is 19.0 Å². The average Bonchev–Trinajstić information content (AvgIpc) is 2.18. The van der Waals surface area contributed by atoms with Crippen molar-refractivity contribution in [1.82, 2.24) is 0 Å². The molecular weight excluding hydrogens is 225 g/mol. The standard InChI is InChI=1S/C9H9ClFNO3/c10-6-3-5(9(13)14)7(12)4-8(6)15-2-1-11/h3-4H,1-2,12H2,(H,13,14). The van der Waals surface area contributed by atoms with Crippen molar-refractivity contribution in [1.29, 1.82) is 0 Å². The first-order chi connectivity index (χ1) is 7.06. The molecule has 0 aliphatic heterocycles. The van der Waals surface area contributed by atoms with Gasteiger partial charge in [-0.25, -0.2) is 9.18 Å². The molecule has 82 valence electrons. The number of ether oxygens (including phenoxy) is 1. The molecule has 0 saturated heterocycles. The Morgan fingerprint density at radius 3 is 2.80 bits per heavy atom. The lowest BCUT2D eigenvalue weighted by atomic mass is 10.2. The predicted octanol–water partition coefficient (Wildman–Crippen LogP) is 1.97. The molecule has 15 heavy (non-hydrogen) atoms. The van der Waals surface area contributed by atoms with Gasteiger partial charge in [-0.05, 0) is 6.07 Å². The van der Waals surface area contributed by atoms with Gasteiger partial charge in [0.1, 0.15) is 19.0 Å². The molecule has 1 aromatic carbocycles. The fraction of sp³-hybridized carbons (Fsp3) is 0.222. The van der Waals surface area contributed by atoms with Gasteiger partial charge in [0, 0.05) is 11.8 Å². The molecule has 4 nitrogen and oxygen atoms in total. The summed E-state index contributed by atoms with van der Waals surface area (Å²) in [7, 11) is 0. The van der Waals surface area contributed by atoms with Gasteiger partial charge in [0.05, 0.1) is 10.6 Å². The summed E-state index contributed by atoms with van der Waals surface area (Å²) in [5.41, 5.74) is 5.37. The van der Waals surface area contributed by atoms with E-state index in [2.05, 4.69) is 0 Å². The monoisotopic (exact) mass is 233 g/mol. The van der Waals surface area contributed by atoms with Crippen LogP contribution in [0, 0.1) is 0 Å². The van der Waals surface area contributed by atoms with E-state index in [-0.39, 0.29) is 28.6 Å². The van der Waals surface area contributed by atoms with E-state index in [9.17, 15) is 9.18 Å². The van der Waals surface area contributed by atoms with E-state index in [1.54, 1.807) is 0 Å². The summed E-state index contributed by atoms with van der Waals surface area (Å²) in [6.45, 7) is -0.803. The van der Waals surface area contributed by atoms with Crippen LogP contribution in [0.15, 0.2) is 12.1 Å². The highest BCUT2D eigenvalue weighted by Crippen LogP contribution is 2.29. The third kappa shape index (κ3) is 2.73. The summed E-state index contributed by atoms with van der Waals surface area (Å²) < 4.78 is 16.7. The van der Waals surface area contributed by atoms with Crippen molar-refractivity contribution < 1.29 is 19.0 Å². The van der Waals surface area contributed by atoms with Crippen LogP contribution in [0.2, 0.25) is 5.02 Å². The SMILES string of the molecule is Nc1cc(OCCF)c(Cl)cc1C(=O)O. The van der Waals surface area contributed by atoms with Crippen LogP contribution >= 0.6 is 11.6 Å². The number of carbonyl (C=O) groups is 1. The van der Waals surface area contributed by atoms with Crippen LogP contribution < -0.4 is 10.5 Å². The van der Waals surface area contributed by atoms with E-state index in [0.29, 0.717) is 0 Å². The molecule has 0 heterocycles. The second-order valence-corrected chi connectivity index (χ2v) is 3.12. The zero-order valence-corrected chi connectivity index (χ0v) is 8.42. The third-order valence-corrected chi connectivity index (χ3v) is 1.96. The molecule has 0 fully saturated rings.